The Kier molecular flexibility index (Phi) is 10.1. The molecule has 0 aliphatic heterocycles. The predicted molar refractivity (Wildman–Crippen MR) is 108 cm³/mol. The number of hydrogen-bond acceptors (Lipinski definition) is 7. The molecule has 1 aromatic carbocycles. The van der Waals surface area contributed by atoms with E-state index in [9.17, 15) is 19.5 Å². The summed E-state index contributed by atoms with van der Waals surface area (Å²) in [4.78, 5) is 39.8. The number of aliphatic carboxylic acids is 1. The first-order valence-corrected chi connectivity index (χ1v) is 9.17. The highest BCUT2D eigenvalue weighted by atomic mass is 16.4. The fraction of sp³-hybridized carbons (Fsp3) is 0.444. The molecule has 0 radical (unpaired) electrons. The highest BCUT2D eigenvalue weighted by Gasteiger charge is 2.27. The van der Waals surface area contributed by atoms with Crippen molar-refractivity contribution in [3.05, 3.63) is 29.8 Å². The zero-order chi connectivity index (χ0) is 22.7. The topological polar surface area (TPSA) is 226 Å². The summed E-state index contributed by atoms with van der Waals surface area (Å²) in [6, 6.07) is 2.31. The average molecular weight is 424 g/mol. The minimum atomic E-state index is -1.52. The number of nitrogens with two attached hydrogens (primary N) is 3. The number of phenols is 1. The number of aliphatic imine (C=N–C) groups is 1. The van der Waals surface area contributed by atoms with Gasteiger partial charge in [0.2, 0.25) is 11.8 Å². The van der Waals surface area contributed by atoms with Crippen LogP contribution in [-0.4, -0.2) is 70.3 Å². The number of aliphatic hydroxyl groups excluding tert-OH is 1. The van der Waals surface area contributed by atoms with Crippen molar-refractivity contribution >= 4 is 23.7 Å². The van der Waals surface area contributed by atoms with Crippen LogP contribution >= 0.6 is 0 Å². The number of guanidine groups is 1. The number of nitrogens with zero attached hydrogens (tertiary/aromatic N) is 1. The fourth-order valence-corrected chi connectivity index (χ4v) is 2.46. The smallest absolute Gasteiger partial charge is 0.328 e. The summed E-state index contributed by atoms with van der Waals surface area (Å²) in [6.45, 7) is -0.525. The first-order chi connectivity index (χ1) is 14.1. The van der Waals surface area contributed by atoms with Gasteiger partial charge in [-0.25, -0.2) is 4.79 Å². The predicted octanol–water partition coefficient (Wildman–Crippen LogP) is -2.64. The molecule has 2 amide bonds. The number of amides is 2. The molecule has 11 N–H and O–H groups in total. The summed E-state index contributed by atoms with van der Waals surface area (Å²) in [5, 5.41) is 32.2. The van der Waals surface area contributed by atoms with Crippen LogP contribution in [0.4, 0.5) is 0 Å². The van der Waals surface area contributed by atoms with Crippen molar-refractivity contribution in [1.82, 2.24) is 10.6 Å². The number of rotatable bonds is 12. The molecule has 0 saturated heterocycles. The van der Waals surface area contributed by atoms with E-state index >= 15 is 0 Å². The Morgan fingerprint density at radius 2 is 1.63 bits per heavy atom. The van der Waals surface area contributed by atoms with Gasteiger partial charge in [-0.1, -0.05) is 12.1 Å². The molecule has 166 valence electrons. The highest BCUT2D eigenvalue weighted by Crippen LogP contribution is 2.12. The van der Waals surface area contributed by atoms with Gasteiger partial charge in [-0.3, -0.25) is 14.6 Å². The van der Waals surface area contributed by atoms with Crippen molar-refractivity contribution in [3.8, 4) is 5.75 Å². The summed E-state index contributed by atoms with van der Waals surface area (Å²) in [5.74, 6) is -2.88. The molecule has 12 nitrogen and oxygen atoms in total. The Morgan fingerprint density at radius 1 is 1.03 bits per heavy atom. The number of carbonyl (C=O) groups excluding carboxylic acids is 2. The zero-order valence-electron chi connectivity index (χ0n) is 16.3. The maximum Gasteiger partial charge on any atom is 0.328 e. The third-order valence-corrected chi connectivity index (χ3v) is 4.11. The lowest BCUT2D eigenvalue weighted by Crippen LogP contribution is -2.55. The van der Waals surface area contributed by atoms with E-state index in [1.165, 1.54) is 12.1 Å². The largest absolute Gasteiger partial charge is 0.508 e. The first-order valence-electron chi connectivity index (χ1n) is 9.17. The number of benzene rings is 1. The van der Waals surface area contributed by atoms with Crippen LogP contribution in [0.2, 0.25) is 0 Å². The number of phenolic OH excluding ortho intramolecular Hbond substituents is 1. The van der Waals surface area contributed by atoms with Crippen molar-refractivity contribution < 1.29 is 29.7 Å². The molecular weight excluding hydrogens is 396 g/mol. The van der Waals surface area contributed by atoms with Crippen LogP contribution in [0.3, 0.4) is 0 Å². The van der Waals surface area contributed by atoms with E-state index in [0.717, 1.165) is 0 Å². The van der Waals surface area contributed by atoms with E-state index in [1.807, 2.05) is 0 Å². The summed E-state index contributed by atoms with van der Waals surface area (Å²) in [5.41, 5.74) is 16.9. The van der Waals surface area contributed by atoms with E-state index in [1.54, 1.807) is 12.1 Å². The second kappa shape index (κ2) is 12.2. The van der Waals surface area contributed by atoms with Gasteiger partial charge < -0.3 is 43.2 Å². The minimum absolute atomic E-state index is 0.0103. The van der Waals surface area contributed by atoms with E-state index < -0.39 is 42.5 Å². The Balaban J connectivity index is 2.84. The van der Waals surface area contributed by atoms with Crippen molar-refractivity contribution in [2.24, 2.45) is 22.2 Å². The molecular formula is C18H28N6O6. The standard InChI is InChI=1S/C18H28N6O6/c19-12(2-1-7-22-18(20)21)15(27)23-13(8-10-3-5-11(26)6-4-10)16(28)24-14(9-25)17(29)30/h3-6,12-14,25-26H,1-2,7-9,19H2,(H,23,27)(H,24,28)(H,29,30)(H4,20,21,22). The fourth-order valence-electron chi connectivity index (χ4n) is 2.46. The lowest BCUT2D eigenvalue weighted by molar-refractivity contribution is -0.143. The number of aromatic hydroxyl groups is 1. The van der Waals surface area contributed by atoms with Crippen molar-refractivity contribution in [3.63, 3.8) is 0 Å². The molecule has 0 spiro atoms. The van der Waals surface area contributed by atoms with Gasteiger partial charge in [0.05, 0.1) is 12.6 Å². The van der Waals surface area contributed by atoms with Crippen molar-refractivity contribution in [2.75, 3.05) is 13.2 Å². The molecule has 3 unspecified atom stereocenters. The minimum Gasteiger partial charge on any atom is -0.508 e. The molecule has 0 bridgehead atoms. The summed E-state index contributed by atoms with van der Waals surface area (Å²) < 4.78 is 0. The van der Waals surface area contributed by atoms with Crippen LogP contribution in [0.1, 0.15) is 18.4 Å². The van der Waals surface area contributed by atoms with Crippen LogP contribution in [0, 0.1) is 0 Å². The Labute approximate surface area is 173 Å². The van der Waals surface area contributed by atoms with E-state index in [4.69, 9.17) is 27.4 Å². The first kappa shape index (κ1) is 24.7. The van der Waals surface area contributed by atoms with Crippen LogP contribution in [-0.2, 0) is 20.8 Å². The second-order valence-electron chi connectivity index (χ2n) is 6.57. The molecule has 0 saturated carbocycles. The zero-order valence-corrected chi connectivity index (χ0v) is 16.3. The van der Waals surface area contributed by atoms with E-state index in [2.05, 4.69) is 15.6 Å². The third kappa shape index (κ3) is 8.75. The molecule has 30 heavy (non-hydrogen) atoms. The molecule has 0 aliphatic carbocycles. The van der Waals surface area contributed by atoms with Gasteiger partial charge in [-0.05, 0) is 30.5 Å². The molecule has 0 aliphatic rings. The lowest BCUT2D eigenvalue weighted by Gasteiger charge is -2.22. The summed E-state index contributed by atoms with van der Waals surface area (Å²) >= 11 is 0. The van der Waals surface area contributed by atoms with E-state index in [-0.39, 0.29) is 31.1 Å². The normalized spacial score (nSPS) is 13.5. The molecule has 12 heteroatoms. The van der Waals surface area contributed by atoms with Gasteiger partial charge in [0, 0.05) is 13.0 Å². The highest BCUT2D eigenvalue weighted by molar-refractivity contribution is 5.92. The van der Waals surface area contributed by atoms with E-state index in [0.29, 0.717) is 12.0 Å². The SMILES string of the molecule is NC(N)=NCCCC(N)C(=O)NC(Cc1ccc(O)cc1)C(=O)NC(CO)C(=O)O. The maximum atomic E-state index is 12.5. The Bertz CT molecular complexity index is 750. The Hall–Kier alpha value is -3.38. The monoisotopic (exact) mass is 424 g/mol. The number of hydrogen-bond donors (Lipinski definition) is 8. The third-order valence-electron chi connectivity index (χ3n) is 4.11. The molecule has 3 atom stereocenters. The molecule has 0 aromatic heterocycles. The molecule has 0 fully saturated rings. The molecule has 0 heterocycles. The van der Waals surface area contributed by atoms with Gasteiger partial charge in [0.1, 0.15) is 17.8 Å². The van der Waals surface area contributed by atoms with Crippen LogP contribution < -0.4 is 27.8 Å². The summed E-state index contributed by atoms with van der Waals surface area (Å²) in [6.07, 6.45) is 0.702. The number of aliphatic hydroxyl groups is 1. The number of carboxylic acid groups (broad SMARTS) is 1. The van der Waals surface area contributed by atoms with Gasteiger partial charge in [-0.2, -0.15) is 0 Å². The molecule has 1 rings (SSSR count). The van der Waals surface area contributed by atoms with Gasteiger partial charge in [-0.15, -0.1) is 0 Å². The quantitative estimate of drug-likeness (QED) is 0.0995. The van der Waals surface area contributed by atoms with Gasteiger partial charge >= 0.3 is 5.97 Å². The maximum absolute atomic E-state index is 12.5. The average Bonchev–Trinajstić information content (AvgIpc) is 2.69. The number of nitrogens with one attached hydrogen (secondary N) is 2. The van der Waals surface area contributed by atoms with Crippen LogP contribution in [0.25, 0.3) is 0 Å². The number of carboxylic acids is 1. The summed E-state index contributed by atoms with van der Waals surface area (Å²) in [7, 11) is 0. The second-order valence-corrected chi connectivity index (χ2v) is 6.57. The van der Waals surface area contributed by atoms with Crippen LogP contribution in [0.15, 0.2) is 29.3 Å². The van der Waals surface area contributed by atoms with Crippen molar-refractivity contribution in [1.29, 1.82) is 0 Å². The molecule has 1 aromatic rings. The lowest BCUT2D eigenvalue weighted by atomic mass is 10.0. The van der Waals surface area contributed by atoms with Crippen LogP contribution in [0.5, 0.6) is 5.75 Å². The Morgan fingerprint density at radius 3 is 2.17 bits per heavy atom. The van der Waals surface area contributed by atoms with Gasteiger partial charge in [0.15, 0.2) is 5.96 Å². The van der Waals surface area contributed by atoms with Gasteiger partial charge in [0.25, 0.3) is 0 Å². The van der Waals surface area contributed by atoms with Crippen molar-refractivity contribution in [2.45, 2.75) is 37.4 Å². The number of carbonyl (C=O) groups is 3.